The van der Waals surface area contributed by atoms with Crippen molar-refractivity contribution < 1.29 is 76.9 Å². The number of fused-ring (bicyclic) bond motifs is 14. The first-order valence-corrected chi connectivity index (χ1v) is 32.3. The molecule has 0 aromatic heterocycles. The molecule has 0 spiro atoms. The van der Waals surface area contributed by atoms with Crippen molar-refractivity contribution in [2.75, 3.05) is 14.2 Å². The lowest BCUT2D eigenvalue weighted by Gasteiger charge is -2.63. The highest BCUT2D eigenvalue weighted by atomic mass is 16.6. The molecular weight excluding hydrogens is 1050 g/mol. The average molecular weight is 1150 g/mol. The minimum atomic E-state index is -0.484. The molecule has 2 saturated heterocycles. The predicted molar refractivity (Wildman–Crippen MR) is 303 cm³/mol. The van der Waals surface area contributed by atoms with Gasteiger partial charge in [0.25, 0.3) is 0 Å². The van der Waals surface area contributed by atoms with Crippen LogP contribution in [0.25, 0.3) is 0 Å². The fraction of sp³-hybridized carbons (Fsp3) is 0.909. The molecule has 12 aliphatic rings. The van der Waals surface area contributed by atoms with Gasteiger partial charge in [0, 0.05) is 74.0 Å². The maximum absolute atomic E-state index is 12.4. The van der Waals surface area contributed by atoms with Crippen LogP contribution in [0.3, 0.4) is 0 Å². The van der Waals surface area contributed by atoms with Crippen LogP contribution >= 0.6 is 0 Å². The number of carbonyl (C=O) groups is 6. The largest absolute Gasteiger partial charge is 0.469 e. The van der Waals surface area contributed by atoms with E-state index in [1.807, 2.05) is 0 Å². The summed E-state index contributed by atoms with van der Waals surface area (Å²) in [5.74, 6) is 0.936. The summed E-state index contributed by atoms with van der Waals surface area (Å²) in [6.45, 7) is 19.5. The summed E-state index contributed by atoms with van der Waals surface area (Å²) in [7, 11) is 2.84. The van der Waals surface area contributed by atoms with Gasteiger partial charge in [-0.3, -0.25) is 28.8 Å². The highest BCUT2D eigenvalue weighted by Crippen LogP contribution is 2.73. The van der Waals surface area contributed by atoms with E-state index in [4.69, 9.17) is 37.9 Å². The maximum Gasteiger partial charge on any atom is 0.305 e. The Kier molecular flexibility index (Phi) is 19.4. The second kappa shape index (κ2) is 25.2. The van der Waals surface area contributed by atoms with Crippen molar-refractivity contribution in [3.8, 4) is 0 Å². The molecule has 10 aliphatic carbocycles. The Morgan fingerprint density at radius 1 is 0.463 bits per heavy atom. The normalized spacial score (nSPS) is 46.0. The fourth-order valence-corrected chi connectivity index (χ4v) is 20.2. The second-order valence-electron chi connectivity index (χ2n) is 28.9. The van der Waals surface area contributed by atoms with Gasteiger partial charge < -0.3 is 48.1 Å². The first-order chi connectivity index (χ1) is 38.8. The van der Waals surface area contributed by atoms with Gasteiger partial charge in [-0.2, -0.15) is 0 Å². The summed E-state index contributed by atoms with van der Waals surface area (Å²) < 4.78 is 46.4. The predicted octanol–water partition coefficient (Wildman–Crippen LogP) is 10.5. The molecule has 12 fully saturated rings. The molecule has 16 heteroatoms. The number of esters is 6. The molecule has 0 radical (unpaired) electrons. The summed E-state index contributed by atoms with van der Waals surface area (Å²) in [6.07, 6.45) is 20.0. The number of hydrogen-bond acceptors (Lipinski definition) is 16. The fourth-order valence-electron chi connectivity index (χ4n) is 20.2. The summed E-state index contributed by atoms with van der Waals surface area (Å²) in [4.78, 5) is 73.2. The molecule has 4 unspecified atom stereocenters. The van der Waals surface area contributed by atoms with E-state index in [2.05, 4.69) is 41.5 Å². The van der Waals surface area contributed by atoms with Crippen molar-refractivity contribution in [1.82, 2.24) is 0 Å². The van der Waals surface area contributed by atoms with Gasteiger partial charge in [-0.05, 0) is 136 Å². The first-order valence-electron chi connectivity index (χ1n) is 32.3. The number of epoxide rings is 2. The van der Waals surface area contributed by atoms with Gasteiger partial charge in [0.2, 0.25) is 0 Å². The zero-order chi connectivity index (χ0) is 59.4. The van der Waals surface area contributed by atoms with Gasteiger partial charge in [-0.1, -0.05) is 92.9 Å². The molecule has 26 atom stereocenters. The molecule has 2 N–H and O–H groups in total. The average Bonchev–Trinajstić information content (AvgIpc) is 2.16. The highest BCUT2D eigenvalue weighted by molar-refractivity contribution is 5.70. The number of aliphatic hydroxyl groups excluding tert-OH is 2. The van der Waals surface area contributed by atoms with Crippen LogP contribution in [0.1, 0.15) is 210 Å². The first kappa shape index (κ1) is 63.2. The molecule has 0 amide bonds. The molecule has 2 aliphatic heterocycles. The van der Waals surface area contributed by atoms with Gasteiger partial charge in [-0.15, -0.1) is 0 Å². The Bertz CT molecular complexity index is 2140. The molecule has 464 valence electrons. The summed E-state index contributed by atoms with van der Waals surface area (Å²) in [5, 5.41) is 21.3. The van der Waals surface area contributed by atoms with Crippen LogP contribution in [0.15, 0.2) is 0 Å². The quantitative estimate of drug-likeness (QED) is 0.105. The lowest BCUT2D eigenvalue weighted by atomic mass is 9.43. The Balaban J connectivity index is 0.000000173. The molecule has 0 bridgehead atoms. The zero-order valence-electron chi connectivity index (χ0n) is 51.9. The molecule has 2 heterocycles. The van der Waals surface area contributed by atoms with Crippen LogP contribution in [0, 0.1) is 92.7 Å². The summed E-state index contributed by atoms with van der Waals surface area (Å²) in [5.41, 5.74) is -0.914. The Hall–Kier alpha value is -3.34. The molecule has 12 rings (SSSR count). The lowest BCUT2D eigenvalue weighted by molar-refractivity contribution is -0.222. The molecule has 16 nitrogen and oxygen atoms in total. The minimum absolute atomic E-state index is 0.00876. The van der Waals surface area contributed by atoms with Crippen LogP contribution < -0.4 is 0 Å². The van der Waals surface area contributed by atoms with E-state index in [0.717, 1.165) is 51.4 Å². The molecule has 0 aromatic rings. The van der Waals surface area contributed by atoms with E-state index in [1.54, 1.807) is 0 Å². The monoisotopic (exact) mass is 1150 g/mol. The van der Waals surface area contributed by atoms with E-state index < -0.39 is 12.2 Å². The third-order valence-corrected chi connectivity index (χ3v) is 25.0. The molecule has 0 aromatic carbocycles. The minimum Gasteiger partial charge on any atom is -0.469 e. The standard InChI is InChI=1S/2C29H44O8.2C4H8/c2*1-14(7-10-24(33)34-6)18-8-9-19-25-20(13-23(29(18,19)5)36-16(3)31)28(4)17(12-22(25)35-15(2)30)11-21(32)26-27(28)37-26;2*1-2-4-3-1/h2*14,17-23,25-27,32H,7-13H2,1-6H3;2*1-4H2/t14-,17+,18-,19+,20?,21+,22-,23+,25?,26+,27+,28+,29-;14-,17+,18-,19+,20?,21+,22-,23+,25?,26-,27-,28+,29-;;/m11../s1. The Morgan fingerprint density at radius 3 is 1.09 bits per heavy atom. The van der Waals surface area contributed by atoms with Gasteiger partial charge in [0.15, 0.2) is 0 Å². The number of carbonyl (C=O) groups excluding carboxylic acids is 6. The Morgan fingerprint density at radius 2 is 0.793 bits per heavy atom. The van der Waals surface area contributed by atoms with Crippen molar-refractivity contribution in [2.45, 2.75) is 272 Å². The van der Waals surface area contributed by atoms with E-state index in [0.29, 0.717) is 38.5 Å². The van der Waals surface area contributed by atoms with Gasteiger partial charge in [-0.25, -0.2) is 0 Å². The number of ether oxygens (including phenoxy) is 8. The van der Waals surface area contributed by atoms with Crippen molar-refractivity contribution >= 4 is 35.8 Å². The third-order valence-electron chi connectivity index (χ3n) is 25.0. The molecular formula is C66H104O16. The zero-order valence-corrected chi connectivity index (χ0v) is 51.9. The number of aliphatic hydroxyl groups is 2. The lowest BCUT2D eigenvalue weighted by Crippen LogP contribution is -2.65. The van der Waals surface area contributed by atoms with E-state index >= 15 is 0 Å². The summed E-state index contributed by atoms with van der Waals surface area (Å²) in [6, 6.07) is 0. The molecule has 82 heavy (non-hydrogen) atoms. The summed E-state index contributed by atoms with van der Waals surface area (Å²) >= 11 is 0. The van der Waals surface area contributed by atoms with E-state index in [-0.39, 0.29) is 177 Å². The number of methoxy groups -OCH3 is 2. The van der Waals surface area contributed by atoms with Crippen LogP contribution in [0.5, 0.6) is 0 Å². The van der Waals surface area contributed by atoms with Crippen LogP contribution in [-0.4, -0.2) is 121 Å². The van der Waals surface area contributed by atoms with Gasteiger partial charge in [0.05, 0.1) is 38.6 Å². The van der Waals surface area contributed by atoms with Crippen LogP contribution in [0.2, 0.25) is 0 Å². The van der Waals surface area contributed by atoms with Gasteiger partial charge >= 0.3 is 35.8 Å². The van der Waals surface area contributed by atoms with Crippen molar-refractivity contribution in [3.05, 3.63) is 0 Å². The second-order valence-corrected chi connectivity index (χ2v) is 28.9. The SMILES string of the molecule is C1CCC1.C1CCC1.COC(=O)CC[C@@H](C)[C@H]1CC[C@H]2C3C(C[C@H](OC(C)=O)[C@]12C)[C@]1(C)[C@H](C[C@H]3OC(C)=O)C[C@H](O)[C@@H]2O[C@@H]21.COC(=O)CC[C@@H](C)[C@H]1CC[C@H]2C3C(C[C@H](OC(C)=O)[C@]12C)[C@]1(C)[C@H](C[C@H]3OC(C)=O)C[C@H](O)[C@H]2O[C@H]21. The van der Waals surface area contributed by atoms with E-state index in [9.17, 15) is 39.0 Å². The van der Waals surface area contributed by atoms with E-state index in [1.165, 1.54) is 93.3 Å². The maximum atomic E-state index is 12.4. The number of hydrogen-bond donors (Lipinski definition) is 2. The topological polar surface area (TPSA) is 223 Å². The van der Waals surface area contributed by atoms with Crippen LogP contribution in [-0.2, 0) is 66.7 Å². The van der Waals surface area contributed by atoms with Crippen molar-refractivity contribution in [3.63, 3.8) is 0 Å². The molecule has 10 saturated carbocycles. The smallest absolute Gasteiger partial charge is 0.305 e. The van der Waals surface area contributed by atoms with Crippen molar-refractivity contribution in [2.24, 2.45) is 92.7 Å². The van der Waals surface area contributed by atoms with Crippen molar-refractivity contribution in [1.29, 1.82) is 0 Å². The number of rotatable bonds is 12. The van der Waals surface area contributed by atoms with Crippen LogP contribution in [0.4, 0.5) is 0 Å². The third kappa shape index (κ3) is 11.8. The highest BCUT2D eigenvalue weighted by Gasteiger charge is 2.75. The van der Waals surface area contributed by atoms with Gasteiger partial charge in [0.1, 0.15) is 36.6 Å². The Labute approximate surface area is 489 Å².